The summed E-state index contributed by atoms with van der Waals surface area (Å²) in [6, 6.07) is 4.49. The minimum atomic E-state index is -0.712. The molecule has 0 aliphatic carbocycles. The summed E-state index contributed by atoms with van der Waals surface area (Å²) in [5.41, 5.74) is 5.87. The Balaban J connectivity index is 2.77. The summed E-state index contributed by atoms with van der Waals surface area (Å²) in [6.07, 6.45) is 1.17. The number of hydrogen-bond acceptors (Lipinski definition) is 4. The van der Waals surface area contributed by atoms with Crippen LogP contribution in [0.3, 0.4) is 0 Å². The summed E-state index contributed by atoms with van der Waals surface area (Å²) < 4.78 is 4.79. The van der Waals surface area contributed by atoms with Crippen LogP contribution in [0.4, 0.5) is 0 Å². The van der Waals surface area contributed by atoms with Gasteiger partial charge in [-0.3, -0.25) is 19.7 Å². The van der Waals surface area contributed by atoms with Crippen LogP contribution in [0.1, 0.15) is 26.3 Å². The second kappa shape index (κ2) is 4.33. The minimum Gasteiger partial charge on any atom is -0.504 e. The van der Waals surface area contributed by atoms with Crippen LogP contribution in [-0.2, 0) is 9.53 Å². The lowest BCUT2D eigenvalue weighted by atomic mass is 9.91. The Hall–Kier alpha value is -2.63. The number of nitrogens with two attached hydrogens (primary N) is 1. The van der Waals surface area contributed by atoms with Crippen molar-refractivity contribution in [2.24, 2.45) is 5.73 Å². The van der Waals surface area contributed by atoms with E-state index in [4.69, 9.17) is 10.5 Å². The molecule has 0 bridgehead atoms. The lowest BCUT2D eigenvalue weighted by Crippen LogP contribution is -2.37. The van der Waals surface area contributed by atoms with Crippen LogP contribution < -0.4 is 11.1 Å². The van der Waals surface area contributed by atoms with E-state index in [9.17, 15) is 14.4 Å². The fourth-order valence-electron chi connectivity index (χ4n) is 1.82. The molecule has 3 N–H and O–H groups in total. The number of ether oxygens (including phenoxy) is 1. The summed E-state index contributed by atoms with van der Waals surface area (Å²) in [4.78, 5) is 34.7. The van der Waals surface area contributed by atoms with Crippen LogP contribution in [0.2, 0.25) is 0 Å². The van der Waals surface area contributed by atoms with Gasteiger partial charge in [-0.05, 0) is 12.1 Å². The third-order valence-electron chi connectivity index (χ3n) is 2.55. The maximum atomic E-state index is 11.7. The molecule has 1 aromatic carbocycles. The predicted molar refractivity (Wildman–Crippen MR) is 62.4 cm³/mol. The number of rotatable bonds is 2. The molecule has 1 heterocycles. The summed E-state index contributed by atoms with van der Waals surface area (Å²) in [5, 5.41) is 2.16. The van der Waals surface area contributed by atoms with Crippen LogP contribution in [0.25, 0.3) is 5.57 Å². The van der Waals surface area contributed by atoms with Gasteiger partial charge in [0, 0.05) is 16.7 Å². The third kappa shape index (κ3) is 1.73. The van der Waals surface area contributed by atoms with Crippen LogP contribution in [0.5, 0.6) is 0 Å². The second-order valence-electron chi connectivity index (χ2n) is 3.64. The smallest absolute Gasteiger partial charge is 0.261 e. The van der Waals surface area contributed by atoms with Gasteiger partial charge < -0.3 is 10.5 Å². The number of nitrogens with one attached hydrogen (secondary N) is 1. The average molecular weight is 246 g/mol. The van der Waals surface area contributed by atoms with E-state index in [1.54, 1.807) is 0 Å². The molecule has 0 unspecified atom stereocenters. The third-order valence-corrected chi connectivity index (χ3v) is 2.55. The number of imide groups is 1. The molecule has 0 spiro atoms. The number of methoxy groups -OCH3 is 1. The topological polar surface area (TPSA) is 98.5 Å². The Labute approximate surface area is 102 Å². The molecule has 0 radical (unpaired) electrons. The molecule has 0 saturated carbocycles. The minimum absolute atomic E-state index is 0.0986. The zero-order chi connectivity index (χ0) is 13.3. The van der Waals surface area contributed by atoms with Gasteiger partial charge >= 0.3 is 0 Å². The van der Waals surface area contributed by atoms with Gasteiger partial charge in [-0.1, -0.05) is 6.07 Å². The van der Waals surface area contributed by atoms with Crippen molar-refractivity contribution in [2.75, 3.05) is 7.11 Å². The highest BCUT2D eigenvalue weighted by molar-refractivity contribution is 6.32. The predicted octanol–water partition coefficient (Wildman–Crippen LogP) is 0.0428. The molecule has 0 fully saturated rings. The number of hydrogen-bond donors (Lipinski definition) is 2. The van der Waals surface area contributed by atoms with Gasteiger partial charge in [-0.2, -0.15) is 0 Å². The number of fused-ring (bicyclic) bond motifs is 1. The molecule has 3 amide bonds. The lowest BCUT2D eigenvalue weighted by Gasteiger charge is -2.19. The van der Waals surface area contributed by atoms with Gasteiger partial charge in [0.1, 0.15) is 0 Å². The average Bonchev–Trinajstić information content (AvgIpc) is 2.33. The Bertz CT molecular complexity index is 575. The van der Waals surface area contributed by atoms with Crippen LogP contribution in [0.15, 0.2) is 24.5 Å². The number of benzene rings is 1. The summed E-state index contributed by atoms with van der Waals surface area (Å²) in [5.74, 6) is -1.90. The molecule has 2 rings (SSSR count). The number of primary amides is 1. The molecular formula is C12H10N2O4. The van der Waals surface area contributed by atoms with Crippen molar-refractivity contribution in [1.82, 2.24) is 5.32 Å². The summed E-state index contributed by atoms with van der Waals surface area (Å²) >= 11 is 0. The van der Waals surface area contributed by atoms with E-state index in [2.05, 4.69) is 5.32 Å². The van der Waals surface area contributed by atoms with Gasteiger partial charge in [-0.25, -0.2) is 0 Å². The van der Waals surface area contributed by atoms with Gasteiger partial charge in [0.15, 0.2) is 0 Å². The monoisotopic (exact) mass is 246 g/mol. The molecule has 92 valence electrons. The van der Waals surface area contributed by atoms with E-state index in [0.717, 1.165) is 0 Å². The van der Waals surface area contributed by atoms with Gasteiger partial charge in [0.25, 0.3) is 11.8 Å². The standard InChI is InChI=1S/C12H10N2O4/c1-18-5-8-9-6(10(13)15)3-2-4-7(9)11(16)14-12(8)17/h2-5H,1H3,(H2,13,15)(H,14,16,17). The first kappa shape index (κ1) is 11.8. The number of carbonyl (C=O) groups is 3. The van der Waals surface area contributed by atoms with Crippen molar-refractivity contribution >= 4 is 23.3 Å². The highest BCUT2D eigenvalue weighted by Gasteiger charge is 2.30. The van der Waals surface area contributed by atoms with Gasteiger partial charge in [0.2, 0.25) is 5.91 Å². The van der Waals surface area contributed by atoms with E-state index in [-0.39, 0.29) is 22.3 Å². The SMILES string of the molecule is COC=C1C(=O)NC(=O)c2cccc(C(N)=O)c21. The van der Waals surface area contributed by atoms with Crippen molar-refractivity contribution in [3.63, 3.8) is 0 Å². The van der Waals surface area contributed by atoms with Crippen LogP contribution in [-0.4, -0.2) is 24.8 Å². The number of carbonyl (C=O) groups excluding carboxylic acids is 3. The fraction of sp³-hybridized carbons (Fsp3) is 0.0833. The lowest BCUT2D eigenvalue weighted by molar-refractivity contribution is -0.114. The molecule has 0 saturated heterocycles. The molecular weight excluding hydrogens is 236 g/mol. The van der Waals surface area contributed by atoms with Crippen LogP contribution >= 0.6 is 0 Å². The highest BCUT2D eigenvalue weighted by atomic mass is 16.5. The molecule has 1 aliphatic rings. The van der Waals surface area contributed by atoms with E-state index in [0.29, 0.717) is 0 Å². The van der Waals surface area contributed by atoms with E-state index in [1.807, 2.05) is 0 Å². The normalized spacial score (nSPS) is 16.2. The maximum Gasteiger partial charge on any atom is 0.261 e. The molecule has 0 atom stereocenters. The van der Waals surface area contributed by atoms with Crippen LogP contribution in [0, 0.1) is 0 Å². The van der Waals surface area contributed by atoms with Gasteiger partial charge in [-0.15, -0.1) is 0 Å². The largest absolute Gasteiger partial charge is 0.504 e. The first-order chi connectivity index (χ1) is 8.56. The second-order valence-corrected chi connectivity index (χ2v) is 3.64. The van der Waals surface area contributed by atoms with Crippen molar-refractivity contribution in [3.8, 4) is 0 Å². The molecule has 1 aliphatic heterocycles. The quantitative estimate of drug-likeness (QED) is 0.437. The van der Waals surface area contributed by atoms with Crippen molar-refractivity contribution < 1.29 is 19.1 Å². The van der Waals surface area contributed by atoms with Crippen molar-refractivity contribution in [2.45, 2.75) is 0 Å². The fourth-order valence-corrected chi connectivity index (χ4v) is 1.82. The Kier molecular flexibility index (Phi) is 2.85. The summed E-state index contributed by atoms with van der Waals surface area (Å²) in [7, 11) is 1.36. The zero-order valence-electron chi connectivity index (χ0n) is 9.52. The van der Waals surface area contributed by atoms with Gasteiger partial charge in [0.05, 0.1) is 18.9 Å². The first-order valence-corrected chi connectivity index (χ1v) is 5.08. The van der Waals surface area contributed by atoms with Crippen molar-refractivity contribution in [1.29, 1.82) is 0 Å². The molecule has 0 aromatic heterocycles. The Morgan fingerprint density at radius 2 is 2.06 bits per heavy atom. The zero-order valence-corrected chi connectivity index (χ0v) is 9.52. The maximum absolute atomic E-state index is 11.7. The Morgan fingerprint density at radius 3 is 2.67 bits per heavy atom. The molecule has 18 heavy (non-hydrogen) atoms. The summed E-state index contributed by atoms with van der Waals surface area (Å²) in [6.45, 7) is 0. The van der Waals surface area contributed by atoms with E-state index < -0.39 is 17.7 Å². The number of amides is 3. The Morgan fingerprint density at radius 1 is 1.33 bits per heavy atom. The highest BCUT2D eigenvalue weighted by Crippen LogP contribution is 2.27. The molecule has 6 heteroatoms. The van der Waals surface area contributed by atoms with Crippen molar-refractivity contribution in [3.05, 3.63) is 41.2 Å². The molecule has 1 aromatic rings. The van der Waals surface area contributed by atoms with E-state index in [1.165, 1.54) is 31.6 Å². The molecule has 6 nitrogen and oxygen atoms in total. The van der Waals surface area contributed by atoms with E-state index >= 15 is 0 Å². The first-order valence-electron chi connectivity index (χ1n) is 5.08.